The highest BCUT2D eigenvalue weighted by Crippen LogP contribution is 2.32. The summed E-state index contributed by atoms with van der Waals surface area (Å²) in [5.41, 5.74) is 6.20. The molecule has 2 amide bonds. The van der Waals surface area contributed by atoms with Crippen LogP contribution in [-0.2, 0) is 6.42 Å². The maximum Gasteiger partial charge on any atom is 0.324 e. The number of carbonyl (C=O) groups excluding carboxylic acids is 1. The lowest BCUT2D eigenvalue weighted by molar-refractivity contribution is 0.214. The quantitative estimate of drug-likeness (QED) is 0.440. The van der Waals surface area contributed by atoms with Gasteiger partial charge in [0.1, 0.15) is 0 Å². The van der Waals surface area contributed by atoms with Gasteiger partial charge in [0.05, 0.1) is 11.4 Å². The fraction of sp³-hybridized carbons (Fsp3) is 0.345. The maximum atomic E-state index is 13.0. The lowest BCUT2D eigenvalue weighted by Crippen LogP contribution is -2.44. The summed E-state index contributed by atoms with van der Waals surface area (Å²) >= 11 is 5.98. The van der Waals surface area contributed by atoms with Crippen LogP contribution in [0.4, 0.5) is 21.9 Å². The molecule has 1 atom stereocenters. The first-order chi connectivity index (χ1) is 17.1. The van der Waals surface area contributed by atoms with Gasteiger partial charge in [-0.2, -0.15) is 0 Å². The molecule has 3 heterocycles. The first-order valence-corrected chi connectivity index (χ1v) is 12.9. The Kier molecular flexibility index (Phi) is 7.14. The number of urea groups is 1. The predicted molar refractivity (Wildman–Crippen MR) is 146 cm³/mol. The topological polar surface area (TPSA) is 38.8 Å². The first-order valence-electron chi connectivity index (χ1n) is 12.5. The van der Waals surface area contributed by atoms with E-state index in [0.29, 0.717) is 5.92 Å². The average Bonchev–Trinajstić information content (AvgIpc) is 3.39. The molecule has 1 N–H and O–H groups in total. The zero-order valence-corrected chi connectivity index (χ0v) is 21.0. The summed E-state index contributed by atoms with van der Waals surface area (Å²) in [6, 6.07) is 24.8. The number of likely N-dealkylation sites (N-methyl/N-ethyl adjacent to an activating group) is 1. The second kappa shape index (κ2) is 10.6. The molecule has 182 valence electrons. The number of benzene rings is 3. The molecule has 3 aromatic rings. The molecule has 0 aliphatic carbocycles. The van der Waals surface area contributed by atoms with Crippen LogP contribution in [0.5, 0.6) is 0 Å². The summed E-state index contributed by atoms with van der Waals surface area (Å²) in [6.07, 6.45) is 3.12. The molecular weight excluding hydrogens is 456 g/mol. The minimum atomic E-state index is 0.151. The molecule has 3 aliphatic heterocycles. The van der Waals surface area contributed by atoms with Gasteiger partial charge < -0.3 is 15.1 Å². The van der Waals surface area contributed by atoms with Crippen molar-refractivity contribution in [3.05, 3.63) is 88.9 Å². The summed E-state index contributed by atoms with van der Waals surface area (Å²) in [4.78, 5) is 19.3. The van der Waals surface area contributed by atoms with E-state index in [0.717, 1.165) is 62.7 Å². The monoisotopic (exact) mass is 488 g/mol. The molecule has 3 aromatic carbocycles. The molecule has 6 heteroatoms. The molecular formula is C29H33ClN4O. The normalized spacial score (nSPS) is 18.7. The number of para-hydroxylation sites is 3. The minimum Gasteiger partial charge on any atom is -0.382 e. The molecule has 0 spiro atoms. The van der Waals surface area contributed by atoms with Crippen molar-refractivity contribution >= 4 is 34.7 Å². The fourth-order valence-corrected chi connectivity index (χ4v) is 5.40. The Morgan fingerprint density at radius 2 is 1.66 bits per heavy atom. The van der Waals surface area contributed by atoms with E-state index in [1.165, 1.54) is 22.5 Å². The van der Waals surface area contributed by atoms with Gasteiger partial charge in [-0.1, -0.05) is 54.1 Å². The van der Waals surface area contributed by atoms with Crippen molar-refractivity contribution in [2.45, 2.75) is 25.2 Å². The van der Waals surface area contributed by atoms with Crippen molar-refractivity contribution in [2.75, 3.05) is 54.9 Å². The number of aryl methyl sites for hydroxylation is 1. The number of nitrogens with one attached hydrogen (secondary N) is 1. The van der Waals surface area contributed by atoms with Crippen LogP contribution in [0.15, 0.2) is 72.8 Å². The van der Waals surface area contributed by atoms with Gasteiger partial charge in [0.15, 0.2) is 0 Å². The fourth-order valence-electron chi connectivity index (χ4n) is 5.28. The van der Waals surface area contributed by atoms with Gasteiger partial charge >= 0.3 is 6.03 Å². The van der Waals surface area contributed by atoms with Gasteiger partial charge in [-0.3, -0.25) is 4.90 Å². The van der Waals surface area contributed by atoms with Crippen LogP contribution in [0.1, 0.15) is 29.9 Å². The Morgan fingerprint density at radius 1 is 0.914 bits per heavy atom. The second-order valence-electron chi connectivity index (χ2n) is 9.52. The van der Waals surface area contributed by atoms with E-state index >= 15 is 0 Å². The van der Waals surface area contributed by atoms with Crippen molar-refractivity contribution in [2.24, 2.45) is 0 Å². The number of rotatable bonds is 1. The predicted octanol–water partition coefficient (Wildman–Crippen LogP) is 6.25. The molecule has 6 rings (SSSR count). The van der Waals surface area contributed by atoms with Crippen molar-refractivity contribution in [3.63, 3.8) is 0 Å². The smallest absolute Gasteiger partial charge is 0.324 e. The Morgan fingerprint density at radius 3 is 2.46 bits per heavy atom. The van der Waals surface area contributed by atoms with Crippen LogP contribution < -0.4 is 15.1 Å². The summed E-state index contributed by atoms with van der Waals surface area (Å²) < 4.78 is 0. The van der Waals surface area contributed by atoms with Gasteiger partial charge in [-0.15, -0.1) is 0 Å². The Bertz CT molecular complexity index is 1170. The van der Waals surface area contributed by atoms with Crippen molar-refractivity contribution in [1.29, 1.82) is 0 Å². The standard InChI is InChI=1S/C20H21ClN2O.C9H12N2/c21-18-9-7-15(8-10-18)17-11-13-22(14-17)20(24)23-12-3-5-16-4-1-2-6-19(16)23;1-11-7-6-10-8-4-2-3-5-9(8)11/h1-2,4,6-10,17H,3,5,11-14H2;2-5,10H,6-7H2,1H3. The molecule has 3 aliphatic rings. The first kappa shape index (κ1) is 23.6. The SMILES string of the molecule is CN1CCNc2ccccc21.O=C(N1CCC(c2ccc(Cl)cc2)C1)N1CCCc2ccccc21. The minimum absolute atomic E-state index is 0.151. The van der Waals surface area contributed by atoms with Crippen LogP contribution in [-0.4, -0.2) is 50.7 Å². The highest BCUT2D eigenvalue weighted by Gasteiger charge is 2.32. The van der Waals surface area contributed by atoms with Gasteiger partial charge in [-0.25, -0.2) is 4.79 Å². The molecule has 5 nitrogen and oxygen atoms in total. The maximum absolute atomic E-state index is 13.0. The Hall–Kier alpha value is -3.18. The molecule has 1 saturated heterocycles. The molecule has 0 bridgehead atoms. The van der Waals surface area contributed by atoms with Gasteiger partial charge in [0.2, 0.25) is 0 Å². The molecule has 0 saturated carbocycles. The average molecular weight is 489 g/mol. The molecule has 35 heavy (non-hydrogen) atoms. The van der Waals surface area contributed by atoms with E-state index < -0.39 is 0 Å². The summed E-state index contributed by atoms with van der Waals surface area (Å²) in [7, 11) is 2.12. The van der Waals surface area contributed by atoms with Crippen molar-refractivity contribution in [1.82, 2.24) is 4.90 Å². The number of hydrogen-bond acceptors (Lipinski definition) is 3. The van der Waals surface area contributed by atoms with Crippen LogP contribution in [0.3, 0.4) is 0 Å². The van der Waals surface area contributed by atoms with Crippen LogP contribution in [0.25, 0.3) is 0 Å². The van der Waals surface area contributed by atoms with E-state index in [2.05, 4.69) is 71.9 Å². The van der Waals surface area contributed by atoms with E-state index in [9.17, 15) is 4.79 Å². The highest BCUT2D eigenvalue weighted by molar-refractivity contribution is 6.30. The second-order valence-corrected chi connectivity index (χ2v) is 9.95. The van der Waals surface area contributed by atoms with Crippen LogP contribution in [0.2, 0.25) is 5.02 Å². The highest BCUT2D eigenvalue weighted by atomic mass is 35.5. The lowest BCUT2D eigenvalue weighted by atomic mass is 9.99. The van der Waals surface area contributed by atoms with E-state index in [4.69, 9.17) is 11.6 Å². The molecule has 0 aromatic heterocycles. The summed E-state index contributed by atoms with van der Waals surface area (Å²) in [5.74, 6) is 0.409. The number of halogens is 1. The van der Waals surface area contributed by atoms with Gasteiger partial charge in [0.25, 0.3) is 0 Å². The summed E-state index contributed by atoms with van der Waals surface area (Å²) in [5, 5.41) is 4.11. The van der Waals surface area contributed by atoms with Crippen LogP contribution >= 0.6 is 11.6 Å². The molecule has 1 unspecified atom stereocenters. The van der Waals surface area contributed by atoms with Crippen molar-refractivity contribution < 1.29 is 4.79 Å². The lowest BCUT2D eigenvalue weighted by Gasteiger charge is -2.32. The third-order valence-electron chi connectivity index (χ3n) is 7.22. The number of nitrogens with zero attached hydrogens (tertiary/aromatic N) is 3. The number of fused-ring (bicyclic) bond motifs is 2. The van der Waals surface area contributed by atoms with E-state index in [-0.39, 0.29) is 6.03 Å². The third-order valence-corrected chi connectivity index (χ3v) is 7.47. The largest absolute Gasteiger partial charge is 0.382 e. The number of likely N-dealkylation sites (tertiary alicyclic amines) is 1. The van der Waals surface area contributed by atoms with E-state index in [1.54, 1.807) is 0 Å². The number of amides is 2. The number of carbonyl (C=O) groups is 1. The third kappa shape index (κ3) is 5.25. The van der Waals surface area contributed by atoms with Gasteiger partial charge in [-0.05, 0) is 60.7 Å². The van der Waals surface area contributed by atoms with Crippen molar-refractivity contribution in [3.8, 4) is 0 Å². The zero-order valence-electron chi connectivity index (χ0n) is 20.3. The molecule has 1 fully saturated rings. The summed E-state index contributed by atoms with van der Waals surface area (Å²) in [6.45, 7) is 4.58. The van der Waals surface area contributed by atoms with Gasteiger partial charge in [0, 0.05) is 56.4 Å². The van der Waals surface area contributed by atoms with E-state index in [1.807, 2.05) is 28.0 Å². The Labute approximate surface area is 213 Å². The van der Waals surface area contributed by atoms with Crippen LogP contribution in [0, 0.1) is 0 Å². The zero-order chi connectivity index (χ0) is 24.2. The molecule has 0 radical (unpaired) electrons. The number of anilines is 3. The Balaban J connectivity index is 0.000000192. The number of hydrogen-bond donors (Lipinski definition) is 1.